The Morgan fingerprint density at radius 1 is 1.09 bits per heavy atom. The number of anilines is 2. The fourth-order valence-electron chi connectivity index (χ4n) is 3.57. The van der Waals surface area contributed by atoms with Crippen LogP contribution < -0.4 is 10.2 Å². The summed E-state index contributed by atoms with van der Waals surface area (Å²) < 4.78 is 14.4. The minimum Gasteiger partial charge on any atom is -0.332 e. The predicted molar refractivity (Wildman–Crippen MR) is 140 cm³/mol. The van der Waals surface area contributed by atoms with Gasteiger partial charge in [-0.15, -0.1) is 0 Å². The molecule has 1 fully saturated rings. The van der Waals surface area contributed by atoms with E-state index < -0.39 is 6.04 Å². The van der Waals surface area contributed by atoms with Gasteiger partial charge in [-0.1, -0.05) is 29.8 Å². The molecule has 0 bridgehead atoms. The van der Waals surface area contributed by atoms with E-state index in [0.717, 1.165) is 9.13 Å². The van der Waals surface area contributed by atoms with Gasteiger partial charge >= 0.3 is 0 Å². The molecule has 3 aromatic carbocycles. The molecule has 2 amide bonds. The van der Waals surface area contributed by atoms with Crippen molar-refractivity contribution in [2.24, 2.45) is 0 Å². The first-order valence-corrected chi connectivity index (χ1v) is 11.9. The smallest absolute Gasteiger partial charge is 0.256 e. The SMILES string of the molecule is O=C(CC1C(=O)N(c2cccc(Cl)c2)C(=S)N1Cc1ccc(F)cc1)Nc1ccc(I)cc1. The van der Waals surface area contributed by atoms with Crippen LogP contribution in [0.5, 0.6) is 0 Å². The van der Waals surface area contributed by atoms with Crippen molar-refractivity contribution in [2.75, 3.05) is 10.2 Å². The monoisotopic (exact) mass is 593 g/mol. The number of nitrogens with one attached hydrogen (secondary N) is 1. The summed E-state index contributed by atoms with van der Waals surface area (Å²) in [6.07, 6.45) is -0.0940. The van der Waals surface area contributed by atoms with Crippen LogP contribution in [0.3, 0.4) is 0 Å². The second kappa shape index (κ2) is 10.1. The van der Waals surface area contributed by atoms with Crippen LogP contribution in [-0.2, 0) is 16.1 Å². The molecule has 1 aliphatic rings. The minimum absolute atomic E-state index is 0.0940. The Hall–Kier alpha value is -2.56. The molecule has 5 nitrogen and oxygen atoms in total. The zero-order valence-electron chi connectivity index (χ0n) is 17.2. The molecule has 1 unspecified atom stereocenters. The molecule has 0 aromatic heterocycles. The summed E-state index contributed by atoms with van der Waals surface area (Å²) in [5.41, 5.74) is 1.94. The highest BCUT2D eigenvalue weighted by Crippen LogP contribution is 2.30. The van der Waals surface area contributed by atoms with E-state index in [-0.39, 0.29) is 35.7 Å². The maximum absolute atomic E-state index is 13.4. The van der Waals surface area contributed by atoms with Crippen LogP contribution in [-0.4, -0.2) is 27.9 Å². The number of hydrogen-bond donors (Lipinski definition) is 1. The van der Waals surface area contributed by atoms with Crippen LogP contribution in [0, 0.1) is 9.39 Å². The van der Waals surface area contributed by atoms with Gasteiger partial charge in [0.1, 0.15) is 11.9 Å². The third kappa shape index (κ3) is 5.51. The Kier molecular flexibility index (Phi) is 7.26. The molecule has 1 aliphatic heterocycles. The maximum Gasteiger partial charge on any atom is 0.256 e. The van der Waals surface area contributed by atoms with E-state index in [9.17, 15) is 14.0 Å². The number of halogens is 3. The first-order chi connectivity index (χ1) is 15.8. The molecule has 1 N–H and O–H groups in total. The van der Waals surface area contributed by atoms with E-state index in [1.165, 1.54) is 17.0 Å². The number of thiocarbonyl (C=S) groups is 1. The Balaban J connectivity index is 1.60. The van der Waals surface area contributed by atoms with Crippen molar-refractivity contribution < 1.29 is 14.0 Å². The molecule has 1 atom stereocenters. The van der Waals surface area contributed by atoms with Gasteiger partial charge in [0.25, 0.3) is 5.91 Å². The zero-order valence-corrected chi connectivity index (χ0v) is 20.9. The molecule has 168 valence electrons. The van der Waals surface area contributed by atoms with Crippen LogP contribution in [0.2, 0.25) is 5.02 Å². The van der Waals surface area contributed by atoms with Crippen molar-refractivity contribution in [3.63, 3.8) is 0 Å². The van der Waals surface area contributed by atoms with Crippen molar-refractivity contribution in [3.05, 3.63) is 92.8 Å². The molecular formula is C24H18ClFIN3O2S. The number of carbonyl (C=O) groups excluding carboxylic acids is 2. The van der Waals surface area contributed by atoms with Crippen LogP contribution in [0.15, 0.2) is 72.8 Å². The lowest BCUT2D eigenvalue weighted by Gasteiger charge is -2.24. The number of hydrogen-bond acceptors (Lipinski definition) is 3. The summed E-state index contributed by atoms with van der Waals surface area (Å²) >= 11 is 14.0. The highest BCUT2D eigenvalue weighted by molar-refractivity contribution is 14.1. The molecule has 33 heavy (non-hydrogen) atoms. The fraction of sp³-hybridized carbons (Fsp3) is 0.125. The van der Waals surface area contributed by atoms with E-state index in [2.05, 4.69) is 27.9 Å². The van der Waals surface area contributed by atoms with Crippen LogP contribution >= 0.6 is 46.4 Å². The molecule has 9 heteroatoms. The molecule has 0 spiro atoms. The van der Waals surface area contributed by atoms with Gasteiger partial charge < -0.3 is 10.2 Å². The third-order valence-corrected chi connectivity index (χ3v) is 6.53. The molecule has 0 saturated carbocycles. The molecule has 0 aliphatic carbocycles. The van der Waals surface area contributed by atoms with Crippen molar-refractivity contribution in [2.45, 2.75) is 19.0 Å². The number of amides is 2. The Morgan fingerprint density at radius 2 is 1.79 bits per heavy atom. The molecule has 1 heterocycles. The summed E-state index contributed by atoms with van der Waals surface area (Å²) in [6, 6.07) is 19.3. The lowest BCUT2D eigenvalue weighted by molar-refractivity contribution is -0.124. The normalized spacial score (nSPS) is 15.8. The van der Waals surface area contributed by atoms with Gasteiger partial charge in [0.05, 0.1) is 12.1 Å². The summed E-state index contributed by atoms with van der Waals surface area (Å²) in [5, 5.41) is 3.56. The Labute approximate surface area is 214 Å². The van der Waals surface area contributed by atoms with Crippen LogP contribution in [0.4, 0.5) is 15.8 Å². The summed E-state index contributed by atoms with van der Waals surface area (Å²) in [7, 11) is 0. The van der Waals surface area contributed by atoms with E-state index >= 15 is 0 Å². The van der Waals surface area contributed by atoms with Crippen molar-refractivity contribution in [1.29, 1.82) is 0 Å². The van der Waals surface area contributed by atoms with Gasteiger partial charge in [0, 0.05) is 20.8 Å². The molecule has 1 saturated heterocycles. The van der Waals surface area contributed by atoms with Crippen LogP contribution in [0.25, 0.3) is 0 Å². The minimum atomic E-state index is -0.814. The molecule has 3 aromatic rings. The first kappa shape index (κ1) is 23.6. The van der Waals surface area contributed by atoms with E-state index in [1.54, 1.807) is 53.4 Å². The van der Waals surface area contributed by atoms with Crippen LogP contribution in [0.1, 0.15) is 12.0 Å². The number of carbonyl (C=O) groups is 2. The zero-order chi connectivity index (χ0) is 23.5. The molecule has 0 radical (unpaired) electrons. The average molecular weight is 594 g/mol. The standard InChI is InChI=1S/C24H18ClFIN3O2S/c25-16-2-1-3-20(12-16)30-23(32)21(13-22(31)28-19-10-8-18(27)9-11-19)29(24(30)33)14-15-4-6-17(26)7-5-15/h1-12,21H,13-14H2,(H,28,31). The molecule has 4 rings (SSSR count). The van der Waals surface area contributed by atoms with Gasteiger partial charge in [-0.05, 0) is 95.0 Å². The largest absolute Gasteiger partial charge is 0.332 e. The van der Waals surface area contributed by atoms with Gasteiger partial charge in [-0.2, -0.15) is 0 Å². The van der Waals surface area contributed by atoms with Gasteiger partial charge in [0.15, 0.2) is 5.11 Å². The Bertz CT molecular complexity index is 1210. The van der Waals surface area contributed by atoms with Crippen molar-refractivity contribution in [1.82, 2.24) is 4.90 Å². The predicted octanol–water partition coefficient (Wildman–Crippen LogP) is 5.61. The maximum atomic E-state index is 13.4. The summed E-state index contributed by atoms with van der Waals surface area (Å²) in [5.74, 6) is -0.982. The van der Waals surface area contributed by atoms with Gasteiger partial charge in [-0.25, -0.2) is 4.39 Å². The molecular weight excluding hydrogens is 576 g/mol. The lowest BCUT2D eigenvalue weighted by Crippen LogP contribution is -2.37. The van der Waals surface area contributed by atoms with Crippen molar-refractivity contribution >= 4 is 74.7 Å². The third-order valence-electron chi connectivity index (χ3n) is 5.16. The quantitative estimate of drug-likeness (QED) is 0.298. The van der Waals surface area contributed by atoms with E-state index in [0.29, 0.717) is 16.4 Å². The second-order valence-electron chi connectivity index (χ2n) is 7.47. The summed E-state index contributed by atoms with van der Waals surface area (Å²) in [4.78, 5) is 29.3. The van der Waals surface area contributed by atoms with E-state index in [4.69, 9.17) is 23.8 Å². The Morgan fingerprint density at radius 3 is 2.45 bits per heavy atom. The highest BCUT2D eigenvalue weighted by atomic mass is 127. The van der Waals surface area contributed by atoms with E-state index in [1.807, 2.05) is 12.1 Å². The van der Waals surface area contributed by atoms with Crippen molar-refractivity contribution in [3.8, 4) is 0 Å². The van der Waals surface area contributed by atoms with Gasteiger partial charge in [0.2, 0.25) is 5.91 Å². The average Bonchev–Trinajstić information content (AvgIpc) is 3.00. The number of benzene rings is 3. The first-order valence-electron chi connectivity index (χ1n) is 10.0. The number of rotatable bonds is 6. The second-order valence-corrected chi connectivity index (χ2v) is 9.51. The van der Waals surface area contributed by atoms with Gasteiger partial charge in [-0.3, -0.25) is 14.5 Å². The number of nitrogens with zero attached hydrogens (tertiary/aromatic N) is 2. The fourth-order valence-corrected chi connectivity index (χ4v) is 4.51. The highest BCUT2D eigenvalue weighted by Gasteiger charge is 2.44. The lowest BCUT2D eigenvalue weighted by atomic mass is 10.1. The summed E-state index contributed by atoms with van der Waals surface area (Å²) in [6.45, 7) is 0.253. The topological polar surface area (TPSA) is 52.7 Å².